The summed E-state index contributed by atoms with van der Waals surface area (Å²) in [6, 6.07) is 6.07. The monoisotopic (exact) mass is 422 g/mol. The molecule has 0 spiro atoms. The fraction of sp³-hybridized carbons (Fsp3) is 0.235. The Labute approximate surface area is 158 Å². The first-order valence-electron chi connectivity index (χ1n) is 7.53. The predicted octanol–water partition coefficient (Wildman–Crippen LogP) is 4.87. The summed E-state index contributed by atoms with van der Waals surface area (Å²) in [4.78, 5) is 11.0. The summed E-state index contributed by atoms with van der Waals surface area (Å²) in [5, 5.41) is -0.101. The third kappa shape index (κ3) is 5.36. The molecule has 0 aromatic heterocycles. The van der Waals surface area contributed by atoms with Gasteiger partial charge in [-0.2, -0.15) is 13.2 Å². The Morgan fingerprint density at radius 2 is 1.74 bits per heavy atom. The van der Waals surface area contributed by atoms with Crippen molar-refractivity contribution in [3.8, 4) is 17.2 Å². The molecule has 0 fully saturated rings. The number of hydrogen-bond donors (Lipinski definition) is 0. The van der Waals surface area contributed by atoms with Crippen LogP contribution < -0.4 is 9.47 Å². The van der Waals surface area contributed by atoms with Gasteiger partial charge in [-0.3, -0.25) is 4.79 Å². The molecule has 0 radical (unpaired) electrons. The molecule has 0 bridgehead atoms. The van der Waals surface area contributed by atoms with Gasteiger partial charge in [0, 0.05) is 13.0 Å². The minimum Gasteiger partial charge on any atom is -0.456 e. The van der Waals surface area contributed by atoms with Gasteiger partial charge in [0.05, 0.1) is 21.2 Å². The fourth-order valence-corrected chi connectivity index (χ4v) is 3.26. The molecule has 5 nitrogen and oxygen atoms in total. The zero-order valence-electron chi connectivity index (χ0n) is 14.1. The summed E-state index contributed by atoms with van der Waals surface area (Å²) in [5.41, 5.74) is -1.09. The summed E-state index contributed by atoms with van der Waals surface area (Å²) in [6.45, 7) is 2.51. The van der Waals surface area contributed by atoms with Crippen molar-refractivity contribution < 1.29 is 35.9 Å². The van der Waals surface area contributed by atoms with Gasteiger partial charge in [-0.25, -0.2) is 8.42 Å². The maximum absolute atomic E-state index is 13.0. The molecular weight excluding hydrogens is 409 g/mol. The van der Waals surface area contributed by atoms with Crippen LogP contribution in [0, 0.1) is 0 Å². The van der Waals surface area contributed by atoms with E-state index in [-0.39, 0.29) is 32.9 Å². The number of hydrogen-bond acceptors (Lipinski definition) is 5. The maximum Gasteiger partial charge on any atom is 0.416 e. The Balaban J connectivity index is 2.43. The number of sulfone groups is 1. The molecule has 0 saturated carbocycles. The lowest BCUT2D eigenvalue weighted by atomic mass is 10.2. The van der Waals surface area contributed by atoms with Crippen molar-refractivity contribution in [1.82, 2.24) is 0 Å². The van der Waals surface area contributed by atoms with Crippen molar-refractivity contribution in [2.75, 3.05) is 5.75 Å². The first kappa shape index (κ1) is 21.0. The van der Waals surface area contributed by atoms with Crippen LogP contribution in [-0.2, 0) is 20.8 Å². The topological polar surface area (TPSA) is 69.7 Å². The summed E-state index contributed by atoms with van der Waals surface area (Å²) in [6.07, 6.45) is -4.70. The van der Waals surface area contributed by atoms with Gasteiger partial charge in [-0.05, 0) is 30.3 Å². The smallest absolute Gasteiger partial charge is 0.416 e. The third-order valence-electron chi connectivity index (χ3n) is 3.34. The van der Waals surface area contributed by atoms with Gasteiger partial charge in [0.15, 0.2) is 9.84 Å². The Hall–Kier alpha value is -2.26. The van der Waals surface area contributed by atoms with Gasteiger partial charge in [0.25, 0.3) is 0 Å². The maximum atomic E-state index is 13.0. The zero-order chi connectivity index (χ0) is 20.4. The number of carbonyl (C=O) groups is 1. The van der Waals surface area contributed by atoms with E-state index in [0.29, 0.717) is 12.1 Å². The molecule has 0 unspecified atom stereocenters. The molecule has 0 N–H and O–H groups in total. The minimum atomic E-state index is -4.70. The zero-order valence-corrected chi connectivity index (χ0v) is 15.7. The van der Waals surface area contributed by atoms with E-state index < -0.39 is 27.5 Å². The van der Waals surface area contributed by atoms with E-state index in [2.05, 4.69) is 0 Å². The normalized spacial score (nSPS) is 11.9. The number of alkyl halides is 3. The highest BCUT2D eigenvalue weighted by Gasteiger charge is 2.32. The molecule has 0 atom stereocenters. The number of halogens is 4. The van der Waals surface area contributed by atoms with Crippen molar-refractivity contribution in [3.05, 3.63) is 47.0 Å². The summed E-state index contributed by atoms with van der Waals surface area (Å²) in [7, 11) is -3.50. The van der Waals surface area contributed by atoms with Crippen LogP contribution in [0.4, 0.5) is 13.2 Å². The van der Waals surface area contributed by atoms with Crippen LogP contribution in [0.3, 0.4) is 0 Å². The number of benzene rings is 2. The van der Waals surface area contributed by atoms with E-state index >= 15 is 0 Å². The molecule has 0 amide bonds. The lowest BCUT2D eigenvalue weighted by Gasteiger charge is -2.14. The van der Waals surface area contributed by atoms with Crippen molar-refractivity contribution in [2.45, 2.75) is 24.9 Å². The Kier molecular flexibility index (Phi) is 6.06. The van der Waals surface area contributed by atoms with Crippen LogP contribution in [0.1, 0.15) is 19.4 Å². The Morgan fingerprint density at radius 3 is 2.26 bits per heavy atom. The van der Waals surface area contributed by atoms with E-state index in [9.17, 15) is 26.4 Å². The molecule has 27 heavy (non-hydrogen) atoms. The molecule has 2 aromatic carbocycles. The number of carbonyl (C=O) groups excluding carboxylic acids is 1. The molecule has 0 heterocycles. The molecule has 0 aliphatic carbocycles. The van der Waals surface area contributed by atoms with Gasteiger partial charge in [0.2, 0.25) is 0 Å². The standard InChI is InChI=1S/C17H14ClF3O5S/c1-3-27(23,24)14-4-5-16(15(18)9-14)26-13-7-11(17(19,20)21)6-12(8-13)25-10(2)22/h4-9H,3H2,1-2H3. The minimum absolute atomic E-state index is 0.0352. The van der Waals surface area contributed by atoms with Crippen molar-refractivity contribution >= 4 is 27.4 Å². The van der Waals surface area contributed by atoms with Crippen LogP contribution >= 0.6 is 11.6 Å². The van der Waals surface area contributed by atoms with E-state index in [4.69, 9.17) is 21.1 Å². The summed E-state index contributed by atoms with van der Waals surface area (Å²) in [5.74, 6) is -1.63. The second kappa shape index (κ2) is 7.77. The number of rotatable bonds is 5. The van der Waals surface area contributed by atoms with Crippen LogP contribution in [0.15, 0.2) is 41.3 Å². The average Bonchev–Trinajstić information content (AvgIpc) is 2.55. The van der Waals surface area contributed by atoms with Gasteiger partial charge in [-0.1, -0.05) is 18.5 Å². The molecule has 0 aliphatic rings. The molecule has 146 valence electrons. The van der Waals surface area contributed by atoms with E-state index in [0.717, 1.165) is 19.1 Å². The van der Waals surface area contributed by atoms with E-state index in [1.54, 1.807) is 0 Å². The fourth-order valence-electron chi connectivity index (χ4n) is 2.07. The first-order valence-corrected chi connectivity index (χ1v) is 9.56. The van der Waals surface area contributed by atoms with Crippen molar-refractivity contribution in [3.63, 3.8) is 0 Å². The number of esters is 1. The van der Waals surface area contributed by atoms with Gasteiger partial charge in [0.1, 0.15) is 17.2 Å². The van der Waals surface area contributed by atoms with Gasteiger partial charge < -0.3 is 9.47 Å². The number of ether oxygens (including phenoxy) is 2. The van der Waals surface area contributed by atoms with Crippen LogP contribution in [-0.4, -0.2) is 20.1 Å². The molecule has 0 saturated heterocycles. The molecule has 10 heteroatoms. The second-order valence-corrected chi connectivity index (χ2v) is 8.07. The third-order valence-corrected chi connectivity index (χ3v) is 5.37. The average molecular weight is 423 g/mol. The van der Waals surface area contributed by atoms with Crippen LogP contribution in [0.5, 0.6) is 17.2 Å². The Morgan fingerprint density at radius 1 is 1.11 bits per heavy atom. The van der Waals surface area contributed by atoms with Crippen LogP contribution in [0.25, 0.3) is 0 Å². The summed E-state index contributed by atoms with van der Waals surface area (Å²) < 4.78 is 72.9. The second-order valence-electron chi connectivity index (χ2n) is 5.38. The van der Waals surface area contributed by atoms with E-state index in [1.165, 1.54) is 19.1 Å². The van der Waals surface area contributed by atoms with E-state index in [1.807, 2.05) is 0 Å². The first-order chi connectivity index (χ1) is 12.4. The quantitative estimate of drug-likeness (QED) is 0.508. The highest BCUT2D eigenvalue weighted by atomic mass is 35.5. The molecule has 2 rings (SSSR count). The SMILES string of the molecule is CCS(=O)(=O)c1ccc(Oc2cc(OC(C)=O)cc(C(F)(F)F)c2)c(Cl)c1. The molecule has 0 aliphatic heterocycles. The lowest BCUT2D eigenvalue weighted by molar-refractivity contribution is -0.138. The predicted molar refractivity (Wildman–Crippen MR) is 92.0 cm³/mol. The van der Waals surface area contributed by atoms with Gasteiger partial charge in [-0.15, -0.1) is 0 Å². The molecular formula is C17H14ClF3O5S. The molecule has 2 aromatic rings. The van der Waals surface area contributed by atoms with Crippen LogP contribution in [0.2, 0.25) is 5.02 Å². The lowest BCUT2D eigenvalue weighted by Crippen LogP contribution is -2.08. The van der Waals surface area contributed by atoms with Crippen molar-refractivity contribution in [2.24, 2.45) is 0 Å². The highest BCUT2D eigenvalue weighted by Crippen LogP contribution is 2.38. The Bertz CT molecular complexity index is 971. The van der Waals surface area contributed by atoms with Gasteiger partial charge >= 0.3 is 12.1 Å². The summed E-state index contributed by atoms with van der Waals surface area (Å²) >= 11 is 6.00. The highest BCUT2D eigenvalue weighted by molar-refractivity contribution is 7.91. The van der Waals surface area contributed by atoms with Crippen molar-refractivity contribution in [1.29, 1.82) is 0 Å². The largest absolute Gasteiger partial charge is 0.456 e.